The van der Waals surface area contributed by atoms with E-state index in [1.807, 2.05) is 31.2 Å². The summed E-state index contributed by atoms with van der Waals surface area (Å²) in [6.45, 7) is 7.85. The van der Waals surface area contributed by atoms with Gasteiger partial charge in [-0.3, -0.25) is 4.90 Å². The van der Waals surface area contributed by atoms with Crippen LogP contribution in [0.15, 0.2) is 48.5 Å². The van der Waals surface area contributed by atoms with Gasteiger partial charge in [0.2, 0.25) is 0 Å². The molecule has 0 aliphatic carbocycles. The molecule has 5 nitrogen and oxygen atoms in total. The molecule has 0 aromatic heterocycles. The van der Waals surface area contributed by atoms with Gasteiger partial charge < -0.3 is 20.1 Å². The van der Waals surface area contributed by atoms with Crippen molar-refractivity contribution in [1.29, 1.82) is 0 Å². The molecule has 2 N–H and O–H groups in total. The molecule has 0 bridgehead atoms. The lowest BCUT2D eigenvalue weighted by Crippen LogP contribution is -2.36. The summed E-state index contributed by atoms with van der Waals surface area (Å²) >= 11 is 5.46. The van der Waals surface area contributed by atoms with Crippen molar-refractivity contribution < 1.29 is 9.47 Å². The van der Waals surface area contributed by atoms with Crippen molar-refractivity contribution in [2.45, 2.75) is 20.0 Å². The van der Waals surface area contributed by atoms with E-state index in [1.165, 1.54) is 11.1 Å². The molecule has 1 saturated heterocycles. The molecule has 1 aliphatic rings. The summed E-state index contributed by atoms with van der Waals surface area (Å²) in [5.41, 5.74) is 3.50. The Bertz CT molecular complexity index is 748. The molecular weight excluding hydrogens is 358 g/mol. The molecule has 0 radical (unpaired) electrons. The number of nitrogens with one attached hydrogen (secondary N) is 2. The monoisotopic (exact) mass is 385 g/mol. The second-order valence-corrected chi connectivity index (χ2v) is 6.83. The van der Waals surface area contributed by atoms with E-state index >= 15 is 0 Å². The van der Waals surface area contributed by atoms with Crippen LogP contribution in [-0.4, -0.2) is 42.9 Å². The minimum Gasteiger partial charge on any atom is -0.494 e. The van der Waals surface area contributed by atoms with Crippen molar-refractivity contribution in [3.8, 4) is 5.75 Å². The summed E-state index contributed by atoms with van der Waals surface area (Å²) < 4.78 is 11.0. The zero-order valence-electron chi connectivity index (χ0n) is 15.7. The fourth-order valence-corrected chi connectivity index (χ4v) is 3.26. The summed E-state index contributed by atoms with van der Waals surface area (Å²) in [6, 6.07) is 16.3. The normalized spacial score (nSPS) is 14.6. The Kier molecular flexibility index (Phi) is 7.45. The molecule has 27 heavy (non-hydrogen) atoms. The molecule has 2 aromatic carbocycles. The number of benzene rings is 2. The smallest absolute Gasteiger partial charge is 0.171 e. The summed E-state index contributed by atoms with van der Waals surface area (Å²) in [6.07, 6.45) is 0. The third-order valence-electron chi connectivity index (χ3n) is 4.46. The van der Waals surface area contributed by atoms with Crippen LogP contribution >= 0.6 is 12.2 Å². The zero-order valence-corrected chi connectivity index (χ0v) is 16.6. The number of ether oxygens (including phenoxy) is 2. The quantitative estimate of drug-likeness (QED) is 0.713. The minimum absolute atomic E-state index is 0.602. The van der Waals surface area contributed by atoms with Crippen molar-refractivity contribution in [3.05, 3.63) is 59.7 Å². The molecule has 0 saturated carbocycles. The van der Waals surface area contributed by atoms with Crippen molar-refractivity contribution >= 4 is 23.0 Å². The van der Waals surface area contributed by atoms with Crippen molar-refractivity contribution in [2.75, 3.05) is 38.2 Å². The maximum absolute atomic E-state index is 5.53. The van der Waals surface area contributed by atoms with Crippen LogP contribution in [0, 0.1) is 0 Å². The molecule has 144 valence electrons. The molecule has 6 heteroatoms. The van der Waals surface area contributed by atoms with Crippen molar-refractivity contribution in [1.82, 2.24) is 10.2 Å². The predicted octanol–water partition coefficient (Wildman–Crippen LogP) is 3.40. The largest absolute Gasteiger partial charge is 0.494 e. The van der Waals surface area contributed by atoms with Gasteiger partial charge in [0, 0.05) is 37.9 Å². The Hall–Kier alpha value is -2.15. The molecule has 1 fully saturated rings. The van der Waals surface area contributed by atoms with Gasteiger partial charge in [-0.25, -0.2) is 0 Å². The van der Waals surface area contributed by atoms with E-state index < -0.39 is 0 Å². The van der Waals surface area contributed by atoms with Gasteiger partial charge in [0.25, 0.3) is 0 Å². The Morgan fingerprint density at radius 2 is 1.89 bits per heavy atom. The highest BCUT2D eigenvalue weighted by Crippen LogP contribution is 2.17. The first-order valence-electron chi connectivity index (χ1n) is 9.39. The lowest BCUT2D eigenvalue weighted by atomic mass is 10.1. The standard InChI is InChI=1S/C21H27N3O2S/c1-2-26-20-9-5-8-19(14-20)23-21(27)22-15-17-6-3-4-7-18(17)16-24-10-12-25-13-11-24/h3-9,14H,2,10-13,15-16H2,1H3,(H2,22,23,27). The van der Waals surface area contributed by atoms with Crippen LogP contribution in [0.2, 0.25) is 0 Å². The summed E-state index contributed by atoms with van der Waals surface area (Å²) in [5, 5.41) is 7.14. The van der Waals surface area contributed by atoms with Crippen molar-refractivity contribution in [2.24, 2.45) is 0 Å². The first-order valence-corrected chi connectivity index (χ1v) is 9.80. The van der Waals surface area contributed by atoms with Crippen LogP contribution in [0.3, 0.4) is 0 Å². The molecular formula is C21H27N3O2S. The highest BCUT2D eigenvalue weighted by Gasteiger charge is 2.12. The first kappa shape index (κ1) is 19.6. The van der Waals surface area contributed by atoms with Crippen LogP contribution in [0.5, 0.6) is 5.75 Å². The molecule has 0 atom stereocenters. The van der Waals surface area contributed by atoms with E-state index in [4.69, 9.17) is 21.7 Å². The lowest BCUT2D eigenvalue weighted by Gasteiger charge is -2.27. The molecule has 2 aromatic rings. The maximum atomic E-state index is 5.53. The molecule has 3 rings (SSSR count). The van der Waals surface area contributed by atoms with Crippen LogP contribution in [0.4, 0.5) is 5.69 Å². The predicted molar refractivity (Wildman–Crippen MR) is 113 cm³/mol. The van der Waals surface area contributed by atoms with Crippen LogP contribution in [-0.2, 0) is 17.8 Å². The lowest BCUT2D eigenvalue weighted by molar-refractivity contribution is 0.0341. The maximum Gasteiger partial charge on any atom is 0.171 e. The third kappa shape index (κ3) is 6.20. The topological polar surface area (TPSA) is 45.8 Å². The van der Waals surface area contributed by atoms with E-state index in [9.17, 15) is 0 Å². The molecule has 0 amide bonds. The second kappa shape index (κ2) is 10.3. The molecule has 1 heterocycles. The fourth-order valence-electron chi connectivity index (χ4n) is 3.07. The number of hydrogen-bond acceptors (Lipinski definition) is 4. The highest BCUT2D eigenvalue weighted by atomic mass is 32.1. The van der Waals surface area contributed by atoms with Gasteiger partial charge in [-0.1, -0.05) is 30.3 Å². The number of hydrogen-bond donors (Lipinski definition) is 2. The Balaban J connectivity index is 1.54. The Morgan fingerprint density at radius 1 is 1.11 bits per heavy atom. The Labute approximate surface area is 166 Å². The Morgan fingerprint density at radius 3 is 2.67 bits per heavy atom. The van der Waals surface area contributed by atoms with Gasteiger partial charge in [-0.15, -0.1) is 0 Å². The van der Waals surface area contributed by atoms with E-state index in [1.54, 1.807) is 0 Å². The third-order valence-corrected chi connectivity index (χ3v) is 4.70. The van der Waals surface area contributed by atoms with Gasteiger partial charge in [0.15, 0.2) is 5.11 Å². The second-order valence-electron chi connectivity index (χ2n) is 6.43. The first-order chi connectivity index (χ1) is 13.2. The van der Waals surface area contributed by atoms with Gasteiger partial charge in [-0.05, 0) is 42.4 Å². The summed E-state index contributed by atoms with van der Waals surface area (Å²) in [4.78, 5) is 2.43. The van der Waals surface area contributed by atoms with Crippen LogP contribution < -0.4 is 15.4 Å². The zero-order chi connectivity index (χ0) is 18.9. The molecule has 1 aliphatic heterocycles. The van der Waals surface area contributed by atoms with Gasteiger partial charge in [0.1, 0.15) is 5.75 Å². The summed E-state index contributed by atoms with van der Waals surface area (Å²) in [5.74, 6) is 0.834. The van der Waals surface area contributed by atoms with E-state index in [0.717, 1.165) is 44.3 Å². The molecule has 0 spiro atoms. The number of nitrogens with zero attached hydrogens (tertiary/aromatic N) is 1. The van der Waals surface area contributed by atoms with Crippen LogP contribution in [0.1, 0.15) is 18.1 Å². The number of morpholine rings is 1. The van der Waals surface area contributed by atoms with Gasteiger partial charge in [0.05, 0.1) is 19.8 Å². The fraction of sp³-hybridized carbons (Fsp3) is 0.381. The van der Waals surface area contributed by atoms with Crippen molar-refractivity contribution in [3.63, 3.8) is 0 Å². The number of rotatable bonds is 7. The van der Waals surface area contributed by atoms with Gasteiger partial charge >= 0.3 is 0 Å². The average Bonchev–Trinajstić information content (AvgIpc) is 2.69. The van der Waals surface area contributed by atoms with Gasteiger partial charge in [-0.2, -0.15) is 0 Å². The summed E-state index contributed by atoms with van der Waals surface area (Å²) in [7, 11) is 0. The molecule has 0 unspecified atom stereocenters. The van der Waals surface area contributed by atoms with E-state index in [2.05, 4.69) is 39.8 Å². The number of thiocarbonyl (C=S) groups is 1. The highest BCUT2D eigenvalue weighted by molar-refractivity contribution is 7.80. The SMILES string of the molecule is CCOc1cccc(NC(=S)NCc2ccccc2CN2CCOCC2)c1. The number of anilines is 1. The van der Waals surface area contributed by atoms with Crippen LogP contribution in [0.25, 0.3) is 0 Å². The van der Waals surface area contributed by atoms with E-state index in [0.29, 0.717) is 18.3 Å². The average molecular weight is 386 g/mol. The van der Waals surface area contributed by atoms with E-state index in [-0.39, 0.29) is 0 Å². The minimum atomic E-state index is 0.602.